The second-order valence-corrected chi connectivity index (χ2v) is 4.35. The Labute approximate surface area is 111 Å². The number of hydrogen-bond acceptors (Lipinski definition) is 4. The highest BCUT2D eigenvalue weighted by Crippen LogP contribution is 2.13. The number of phenols is 1. The van der Waals surface area contributed by atoms with E-state index in [0.29, 0.717) is 12.2 Å². The molecule has 1 amide bonds. The molecule has 0 atom stereocenters. The van der Waals surface area contributed by atoms with Gasteiger partial charge in [0.05, 0.1) is 19.4 Å². The summed E-state index contributed by atoms with van der Waals surface area (Å²) in [7, 11) is 1.85. The zero-order valence-corrected chi connectivity index (χ0v) is 10.7. The van der Waals surface area contributed by atoms with E-state index in [1.54, 1.807) is 18.4 Å². The van der Waals surface area contributed by atoms with E-state index in [1.807, 2.05) is 24.1 Å². The van der Waals surface area contributed by atoms with Crippen LogP contribution in [0, 0.1) is 0 Å². The number of nitrogens with one attached hydrogen (secondary N) is 1. The number of likely N-dealkylation sites (N-methyl/N-ethyl adjacent to an activating group) is 1. The lowest BCUT2D eigenvalue weighted by Crippen LogP contribution is -2.29. The third-order valence-corrected chi connectivity index (χ3v) is 2.57. The highest BCUT2D eigenvalue weighted by atomic mass is 16.3. The van der Waals surface area contributed by atoms with Gasteiger partial charge in [0.2, 0.25) is 5.91 Å². The first-order valence-corrected chi connectivity index (χ1v) is 5.93. The van der Waals surface area contributed by atoms with Crippen LogP contribution in [0.4, 0.5) is 5.69 Å². The van der Waals surface area contributed by atoms with E-state index in [4.69, 9.17) is 9.52 Å². The van der Waals surface area contributed by atoms with Crippen molar-refractivity contribution < 1.29 is 14.3 Å². The molecule has 0 spiro atoms. The molecule has 0 saturated heterocycles. The lowest BCUT2D eigenvalue weighted by Gasteiger charge is -2.14. The number of furan rings is 1. The number of carbonyl (C=O) groups is 1. The fourth-order valence-corrected chi connectivity index (χ4v) is 1.71. The van der Waals surface area contributed by atoms with Gasteiger partial charge in [-0.2, -0.15) is 0 Å². The van der Waals surface area contributed by atoms with Gasteiger partial charge in [-0.3, -0.25) is 9.69 Å². The van der Waals surface area contributed by atoms with Gasteiger partial charge < -0.3 is 14.8 Å². The summed E-state index contributed by atoms with van der Waals surface area (Å²) in [4.78, 5) is 13.6. The molecule has 1 aromatic heterocycles. The van der Waals surface area contributed by atoms with Crippen LogP contribution in [0.2, 0.25) is 0 Å². The molecular formula is C14H16N2O3. The molecule has 0 aliphatic carbocycles. The van der Waals surface area contributed by atoms with Gasteiger partial charge in [-0.1, -0.05) is 0 Å². The topological polar surface area (TPSA) is 65.7 Å². The van der Waals surface area contributed by atoms with Crippen LogP contribution >= 0.6 is 0 Å². The quantitative estimate of drug-likeness (QED) is 0.808. The molecule has 0 fully saturated rings. The Morgan fingerprint density at radius 2 is 2.05 bits per heavy atom. The first-order valence-electron chi connectivity index (χ1n) is 5.93. The van der Waals surface area contributed by atoms with Gasteiger partial charge in [0, 0.05) is 5.69 Å². The molecule has 0 saturated carbocycles. The van der Waals surface area contributed by atoms with Crippen LogP contribution in [0.1, 0.15) is 5.76 Å². The SMILES string of the molecule is CN(CC(=O)Nc1ccc(O)cc1)Cc1ccco1. The molecular weight excluding hydrogens is 244 g/mol. The van der Waals surface area contributed by atoms with Crippen molar-refractivity contribution in [2.75, 3.05) is 18.9 Å². The van der Waals surface area contributed by atoms with Gasteiger partial charge in [0.1, 0.15) is 11.5 Å². The highest BCUT2D eigenvalue weighted by molar-refractivity contribution is 5.92. The minimum atomic E-state index is -0.111. The van der Waals surface area contributed by atoms with E-state index in [-0.39, 0.29) is 18.2 Å². The zero-order chi connectivity index (χ0) is 13.7. The fourth-order valence-electron chi connectivity index (χ4n) is 1.71. The zero-order valence-electron chi connectivity index (χ0n) is 10.7. The molecule has 0 aliphatic heterocycles. The Morgan fingerprint density at radius 3 is 2.68 bits per heavy atom. The average molecular weight is 260 g/mol. The molecule has 0 unspecified atom stereocenters. The second kappa shape index (κ2) is 6.06. The number of carbonyl (C=O) groups excluding carboxylic acids is 1. The minimum absolute atomic E-state index is 0.111. The molecule has 0 radical (unpaired) electrons. The summed E-state index contributed by atoms with van der Waals surface area (Å²) in [6.07, 6.45) is 1.61. The van der Waals surface area contributed by atoms with Crippen LogP contribution in [-0.2, 0) is 11.3 Å². The Hall–Kier alpha value is -2.27. The highest BCUT2D eigenvalue weighted by Gasteiger charge is 2.08. The number of phenolic OH excluding ortho intramolecular Hbond substituents is 1. The summed E-state index contributed by atoms with van der Waals surface area (Å²) < 4.78 is 5.22. The summed E-state index contributed by atoms with van der Waals surface area (Å²) in [6, 6.07) is 10.1. The first kappa shape index (κ1) is 13.2. The molecule has 2 aromatic rings. The van der Waals surface area contributed by atoms with Crippen molar-refractivity contribution in [1.29, 1.82) is 0 Å². The normalized spacial score (nSPS) is 10.6. The smallest absolute Gasteiger partial charge is 0.238 e. The van der Waals surface area contributed by atoms with Gasteiger partial charge >= 0.3 is 0 Å². The third-order valence-electron chi connectivity index (χ3n) is 2.57. The summed E-state index contributed by atoms with van der Waals surface area (Å²) in [5, 5.41) is 11.9. The van der Waals surface area contributed by atoms with Crippen molar-refractivity contribution in [3.63, 3.8) is 0 Å². The third kappa shape index (κ3) is 4.15. The molecule has 100 valence electrons. The van der Waals surface area contributed by atoms with E-state index in [9.17, 15) is 4.79 Å². The number of hydrogen-bond donors (Lipinski definition) is 2. The average Bonchev–Trinajstić information content (AvgIpc) is 2.84. The van der Waals surface area contributed by atoms with Crippen molar-refractivity contribution in [3.05, 3.63) is 48.4 Å². The number of benzene rings is 1. The Morgan fingerprint density at radius 1 is 1.32 bits per heavy atom. The van der Waals surface area contributed by atoms with Crippen molar-refractivity contribution in [3.8, 4) is 5.75 Å². The van der Waals surface area contributed by atoms with Crippen LogP contribution in [0.25, 0.3) is 0 Å². The molecule has 1 heterocycles. The van der Waals surface area contributed by atoms with E-state index in [1.165, 1.54) is 12.1 Å². The lowest BCUT2D eigenvalue weighted by molar-refractivity contribution is -0.117. The predicted molar refractivity (Wildman–Crippen MR) is 71.8 cm³/mol. The monoisotopic (exact) mass is 260 g/mol. The fraction of sp³-hybridized carbons (Fsp3) is 0.214. The minimum Gasteiger partial charge on any atom is -0.508 e. The van der Waals surface area contributed by atoms with Crippen molar-refractivity contribution >= 4 is 11.6 Å². The van der Waals surface area contributed by atoms with Gasteiger partial charge in [0.25, 0.3) is 0 Å². The summed E-state index contributed by atoms with van der Waals surface area (Å²) in [5.41, 5.74) is 0.661. The largest absolute Gasteiger partial charge is 0.508 e. The van der Waals surface area contributed by atoms with E-state index < -0.39 is 0 Å². The van der Waals surface area contributed by atoms with E-state index in [2.05, 4.69) is 5.32 Å². The molecule has 2 rings (SSSR count). The van der Waals surface area contributed by atoms with Crippen LogP contribution in [-0.4, -0.2) is 29.5 Å². The van der Waals surface area contributed by atoms with E-state index in [0.717, 1.165) is 5.76 Å². The molecule has 0 bridgehead atoms. The Kier molecular flexibility index (Phi) is 4.20. The Bertz CT molecular complexity index is 520. The number of nitrogens with zero attached hydrogens (tertiary/aromatic N) is 1. The molecule has 19 heavy (non-hydrogen) atoms. The van der Waals surface area contributed by atoms with Gasteiger partial charge in [-0.25, -0.2) is 0 Å². The number of anilines is 1. The number of rotatable bonds is 5. The van der Waals surface area contributed by atoms with Crippen molar-refractivity contribution in [2.24, 2.45) is 0 Å². The van der Waals surface area contributed by atoms with Crippen LogP contribution < -0.4 is 5.32 Å². The molecule has 5 heteroatoms. The second-order valence-electron chi connectivity index (χ2n) is 4.35. The maximum absolute atomic E-state index is 11.8. The molecule has 2 N–H and O–H groups in total. The van der Waals surface area contributed by atoms with Crippen molar-refractivity contribution in [2.45, 2.75) is 6.54 Å². The van der Waals surface area contributed by atoms with Crippen LogP contribution in [0.5, 0.6) is 5.75 Å². The standard InChI is InChI=1S/C14H16N2O3/c1-16(9-13-3-2-8-19-13)10-14(18)15-11-4-6-12(17)7-5-11/h2-8,17H,9-10H2,1H3,(H,15,18). The molecule has 0 aliphatic rings. The van der Waals surface area contributed by atoms with Crippen LogP contribution in [0.3, 0.4) is 0 Å². The number of amides is 1. The number of aromatic hydroxyl groups is 1. The first-order chi connectivity index (χ1) is 9.13. The predicted octanol–water partition coefficient (Wildman–Crippen LogP) is 2.06. The molecule has 5 nitrogen and oxygen atoms in total. The van der Waals surface area contributed by atoms with Gasteiger partial charge in [0.15, 0.2) is 0 Å². The van der Waals surface area contributed by atoms with Gasteiger partial charge in [-0.05, 0) is 43.4 Å². The summed E-state index contributed by atoms with van der Waals surface area (Å²) in [5.74, 6) is 0.882. The van der Waals surface area contributed by atoms with Crippen molar-refractivity contribution in [1.82, 2.24) is 4.90 Å². The lowest BCUT2D eigenvalue weighted by atomic mass is 10.3. The summed E-state index contributed by atoms with van der Waals surface area (Å²) in [6.45, 7) is 0.845. The maximum atomic E-state index is 11.8. The Balaban J connectivity index is 1.82. The molecule has 1 aromatic carbocycles. The van der Waals surface area contributed by atoms with E-state index >= 15 is 0 Å². The summed E-state index contributed by atoms with van der Waals surface area (Å²) >= 11 is 0. The van der Waals surface area contributed by atoms with Crippen LogP contribution in [0.15, 0.2) is 47.1 Å². The van der Waals surface area contributed by atoms with Gasteiger partial charge in [-0.15, -0.1) is 0 Å². The maximum Gasteiger partial charge on any atom is 0.238 e.